The van der Waals surface area contributed by atoms with E-state index in [1.165, 1.54) is 21.8 Å². The minimum Gasteiger partial charge on any atom is -0.390 e. The second-order valence-corrected chi connectivity index (χ2v) is 14.1. The van der Waals surface area contributed by atoms with Crippen LogP contribution in [0.4, 0.5) is 11.9 Å². The molecule has 10 N–H and O–H groups in total. The van der Waals surface area contributed by atoms with Crippen LogP contribution in [0.5, 0.6) is 0 Å². The van der Waals surface area contributed by atoms with E-state index < -0.39 is 75.7 Å². The molecule has 0 saturated carbocycles. The highest BCUT2D eigenvalue weighted by molar-refractivity contribution is 8.07. The zero-order chi connectivity index (χ0) is 32.3. The summed E-state index contributed by atoms with van der Waals surface area (Å²) >= 11 is 5.18. The molecule has 0 radical (unpaired) electrons. The number of aromatic amines is 2. The van der Waals surface area contributed by atoms with Crippen molar-refractivity contribution in [1.82, 2.24) is 39.0 Å². The average Bonchev–Trinajstić information content (AvgIpc) is 3.71. The van der Waals surface area contributed by atoms with E-state index in [-0.39, 0.29) is 47.1 Å². The summed E-state index contributed by atoms with van der Waals surface area (Å²) in [4.78, 5) is 74.5. The summed E-state index contributed by atoms with van der Waals surface area (Å²) in [5.74, 6) is -0.321. The SMILES string of the molecule is Nc1nc2c(ncn2C2CC(O)C(COP(O)(=S)OC3CC(n4cnc5c(=O)[nH]c(N)nc54)OC3COP(=O)(O)O)O2)c(=O)[nH]1. The fourth-order valence-corrected chi connectivity index (χ4v) is 6.83. The maximum Gasteiger partial charge on any atom is 0.469 e. The minimum absolute atomic E-state index is 0.0189. The van der Waals surface area contributed by atoms with E-state index in [1.54, 1.807) is 0 Å². The van der Waals surface area contributed by atoms with Crippen molar-refractivity contribution < 1.29 is 47.4 Å². The molecule has 7 atom stereocenters. The Kier molecular flexibility index (Phi) is 8.39. The van der Waals surface area contributed by atoms with E-state index in [1.807, 2.05) is 0 Å². The zero-order valence-electron chi connectivity index (χ0n) is 22.6. The van der Waals surface area contributed by atoms with Gasteiger partial charge in [-0.3, -0.25) is 33.2 Å². The van der Waals surface area contributed by atoms with Gasteiger partial charge in [0, 0.05) is 12.8 Å². The lowest BCUT2D eigenvalue weighted by Crippen LogP contribution is -2.29. The number of fused-ring (bicyclic) bond motifs is 2. The molecular weight excluding hydrogens is 666 g/mol. The topological polar surface area (TPSA) is 323 Å². The number of imidazole rings is 2. The van der Waals surface area contributed by atoms with Crippen molar-refractivity contribution in [2.75, 3.05) is 24.7 Å². The molecule has 6 rings (SSSR count). The molecule has 2 fully saturated rings. The molecule has 6 heterocycles. The maximum absolute atomic E-state index is 12.2. The smallest absolute Gasteiger partial charge is 0.390 e. The van der Waals surface area contributed by atoms with E-state index in [0.717, 1.165) is 0 Å². The summed E-state index contributed by atoms with van der Waals surface area (Å²) in [5, 5.41) is 10.6. The lowest BCUT2D eigenvalue weighted by atomic mass is 10.2. The summed E-state index contributed by atoms with van der Waals surface area (Å²) in [7, 11) is -4.93. The Morgan fingerprint density at radius 2 is 1.42 bits per heavy atom. The summed E-state index contributed by atoms with van der Waals surface area (Å²) < 4.78 is 41.7. The number of aliphatic hydroxyl groups is 1. The van der Waals surface area contributed by atoms with Crippen molar-refractivity contribution >= 4 is 60.6 Å². The Bertz CT molecular complexity index is 1960. The van der Waals surface area contributed by atoms with Crippen molar-refractivity contribution in [1.29, 1.82) is 0 Å². The van der Waals surface area contributed by atoms with Gasteiger partial charge < -0.3 is 49.8 Å². The number of aliphatic hydroxyl groups excluding tert-OH is 1. The van der Waals surface area contributed by atoms with Crippen molar-refractivity contribution in [3.05, 3.63) is 33.4 Å². The van der Waals surface area contributed by atoms with E-state index in [4.69, 9.17) is 41.8 Å². The van der Waals surface area contributed by atoms with Crippen LogP contribution in [0, 0.1) is 0 Å². The standard InChI is InChI=1S/C20H26N10O12P2S/c21-19-25-15-13(17(32)27-19)23-5-29(15)11-1-7(31)9(40-11)3-39-44(37,45)42-8-2-12(41-10(8)4-38-43(34,35)36)30-6-24-14-16(30)26-20(22)28-18(14)33/h5-12,31H,1-4H2,(H,37,45)(H2,34,35,36)(H3,21,25,27,32)(H3,22,26,28,33). The highest BCUT2D eigenvalue weighted by Crippen LogP contribution is 2.50. The third-order valence-corrected chi connectivity index (χ3v) is 9.06. The number of hydrogen-bond acceptors (Lipinski definition) is 16. The Morgan fingerprint density at radius 3 is 1.98 bits per heavy atom. The molecule has 7 unspecified atom stereocenters. The van der Waals surface area contributed by atoms with Crippen LogP contribution in [0.3, 0.4) is 0 Å². The Labute approximate surface area is 254 Å². The van der Waals surface area contributed by atoms with Gasteiger partial charge in [0.05, 0.1) is 38.1 Å². The number of rotatable bonds is 10. The molecule has 0 bridgehead atoms. The first-order valence-electron chi connectivity index (χ1n) is 13.0. The number of nitrogens with zero attached hydrogens (tertiary/aromatic N) is 6. The number of ether oxygens (including phenoxy) is 2. The lowest BCUT2D eigenvalue weighted by molar-refractivity contribution is -0.0502. The van der Waals surface area contributed by atoms with Crippen LogP contribution in [-0.2, 0) is 39.4 Å². The van der Waals surface area contributed by atoms with Crippen LogP contribution in [0.25, 0.3) is 22.3 Å². The first kappa shape index (κ1) is 31.8. The summed E-state index contributed by atoms with van der Waals surface area (Å²) in [6, 6.07) is 0. The van der Waals surface area contributed by atoms with Crippen LogP contribution < -0.4 is 22.6 Å². The number of phosphoric acid groups is 1. The quantitative estimate of drug-likeness (QED) is 0.0840. The van der Waals surface area contributed by atoms with Gasteiger partial charge in [-0.05, 0) is 11.8 Å². The summed E-state index contributed by atoms with van der Waals surface area (Å²) in [6.07, 6.45) is -3.67. The maximum atomic E-state index is 12.2. The fraction of sp³-hybridized carbons (Fsp3) is 0.500. The molecule has 4 aromatic heterocycles. The van der Waals surface area contributed by atoms with Gasteiger partial charge in [-0.15, -0.1) is 0 Å². The van der Waals surface area contributed by atoms with Gasteiger partial charge >= 0.3 is 14.5 Å². The number of aromatic nitrogens is 8. The van der Waals surface area contributed by atoms with Crippen molar-refractivity contribution in [2.24, 2.45) is 0 Å². The molecule has 2 aliphatic heterocycles. The van der Waals surface area contributed by atoms with E-state index in [9.17, 15) is 33.9 Å². The van der Waals surface area contributed by atoms with Crippen molar-refractivity contribution in [3.63, 3.8) is 0 Å². The van der Waals surface area contributed by atoms with Crippen molar-refractivity contribution in [3.8, 4) is 0 Å². The second-order valence-electron chi connectivity index (χ2n) is 10.0. The van der Waals surface area contributed by atoms with Gasteiger partial charge in [-0.1, -0.05) is 0 Å². The van der Waals surface area contributed by atoms with Gasteiger partial charge in [0.1, 0.15) is 24.7 Å². The largest absolute Gasteiger partial charge is 0.469 e. The fourth-order valence-electron chi connectivity index (χ4n) is 5.02. The highest BCUT2D eigenvalue weighted by atomic mass is 32.5. The molecular formula is C20H26N10O12P2S. The van der Waals surface area contributed by atoms with Gasteiger partial charge in [0.2, 0.25) is 11.9 Å². The predicted molar refractivity (Wildman–Crippen MR) is 154 cm³/mol. The normalized spacial score (nSPS) is 27.0. The molecule has 0 spiro atoms. The predicted octanol–water partition coefficient (Wildman–Crippen LogP) is -1.92. The van der Waals surface area contributed by atoms with Crippen LogP contribution in [0.1, 0.15) is 25.3 Å². The van der Waals surface area contributed by atoms with E-state index >= 15 is 0 Å². The van der Waals surface area contributed by atoms with E-state index in [2.05, 4.69) is 34.4 Å². The molecule has 45 heavy (non-hydrogen) atoms. The van der Waals surface area contributed by atoms with Gasteiger partial charge in [-0.2, -0.15) is 9.97 Å². The Hall–Kier alpha value is -3.18. The zero-order valence-corrected chi connectivity index (χ0v) is 25.2. The van der Waals surface area contributed by atoms with Crippen molar-refractivity contribution in [2.45, 2.75) is 49.7 Å². The molecule has 0 aromatic carbocycles. The summed E-state index contributed by atoms with van der Waals surface area (Å²) in [5.41, 5.74) is 10.3. The second kappa shape index (κ2) is 11.9. The third-order valence-electron chi connectivity index (χ3n) is 6.98. The first-order valence-corrected chi connectivity index (χ1v) is 17.1. The van der Waals surface area contributed by atoms with Crippen LogP contribution >= 0.6 is 14.5 Å². The molecule has 22 nitrogen and oxygen atoms in total. The van der Waals surface area contributed by atoms with Crippen LogP contribution in [-0.4, -0.2) is 96.5 Å². The first-order chi connectivity index (χ1) is 21.2. The number of H-pyrrole nitrogens is 2. The van der Waals surface area contributed by atoms with Gasteiger partial charge in [0.15, 0.2) is 22.3 Å². The average molecular weight is 693 g/mol. The third kappa shape index (κ3) is 6.70. The number of anilines is 2. The Balaban J connectivity index is 1.14. The Morgan fingerprint density at radius 1 is 0.911 bits per heavy atom. The van der Waals surface area contributed by atoms with Crippen LogP contribution in [0.2, 0.25) is 0 Å². The number of hydrogen-bond donors (Lipinski definition) is 8. The molecule has 2 saturated heterocycles. The molecule has 4 aromatic rings. The van der Waals surface area contributed by atoms with Crippen LogP contribution in [0.15, 0.2) is 22.2 Å². The number of nitrogen functional groups attached to an aromatic ring is 2. The highest BCUT2D eigenvalue weighted by Gasteiger charge is 2.43. The van der Waals surface area contributed by atoms with E-state index in [0.29, 0.717) is 0 Å². The molecule has 0 aliphatic carbocycles. The minimum atomic E-state index is -4.93. The molecule has 25 heteroatoms. The molecule has 0 amide bonds. The lowest BCUT2D eigenvalue weighted by Gasteiger charge is -2.25. The number of nitrogens with two attached hydrogens (primary N) is 2. The number of phosphoric ester groups is 1. The monoisotopic (exact) mass is 692 g/mol. The molecule has 244 valence electrons. The summed E-state index contributed by atoms with van der Waals surface area (Å²) in [6.45, 7) is -5.21. The number of nitrogens with one attached hydrogen (secondary N) is 2. The molecule has 2 aliphatic rings. The van der Waals surface area contributed by atoms with Gasteiger partial charge in [0.25, 0.3) is 11.1 Å². The van der Waals surface area contributed by atoms with Gasteiger partial charge in [-0.25, -0.2) is 14.5 Å².